The van der Waals surface area contributed by atoms with Crippen LogP contribution in [0.25, 0.3) is 0 Å². The quantitative estimate of drug-likeness (QED) is 0.742. The van der Waals surface area contributed by atoms with Crippen LogP contribution in [0.4, 0.5) is 4.79 Å². The number of carbonyl (C=O) groups excluding carboxylic acids is 1. The fourth-order valence-corrected chi connectivity index (χ4v) is 2.47. The van der Waals surface area contributed by atoms with Crippen molar-refractivity contribution in [3.63, 3.8) is 0 Å². The van der Waals surface area contributed by atoms with E-state index in [0.717, 1.165) is 12.8 Å². The van der Waals surface area contributed by atoms with Crippen LogP contribution in [0.1, 0.15) is 33.1 Å². The van der Waals surface area contributed by atoms with Gasteiger partial charge in [-0.15, -0.1) is 0 Å². The number of carboxylic acid groups (broad SMARTS) is 1. The molecule has 0 spiro atoms. The minimum absolute atomic E-state index is 0.00813. The summed E-state index contributed by atoms with van der Waals surface area (Å²) in [5.41, 5.74) is 0. The van der Waals surface area contributed by atoms with Crippen LogP contribution in [0.3, 0.4) is 0 Å². The van der Waals surface area contributed by atoms with Gasteiger partial charge in [-0.1, -0.05) is 0 Å². The first-order valence-corrected chi connectivity index (χ1v) is 7.44. The van der Waals surface area contributed by atoms with Crippen LogP contribution in [0.5, 0.6) is 0 Å². The zero-order valence-electron chi connectivity index (χ0n) is 11.2. The van der Waals surface area contributed by atoms with Gasteiger partial charge in [0.15, 0.2) is 0 Å². The van der Waals surface area contributed by atoms with Gasteiger partial charge in [0, 0.05) is 23.9 Å². The van der Waals surface area contributed by atoms with Gasteiger partial charge in [0.1, 0.15) is 0 Å². The predicted molar refractivity (Wildman–Crippen MR) is 73.0 cm³/mol. The van der Waals surface area contributed by atoms with E-state index in [-0.39, 0.29) is 29.8 Å². The Labute approximate surface area is 112 Å². The number of thioether (sulfide) groups is 1. The van der Waals surface area contributed by atoms with Crippen LogP contribution >= 0.6 is 11.8 Å². The molecule has 104 valence electrons. The zero-order valence-corrected chi connectivity index (χ0v) is 12.0. The van der Waals surface area contributed by atoms with E-state index < -0.39 is 5.97 Å². The highest BCUT2D eigenvalue weighted by molar-refractivity contribution is 8.00. The Kier molecular flexibility index (Phi) is 5.31. The van der Waals surface area contributed by atoms with E-state index in [0.29, 0.717) is 6.54 Å². The summed E-state index contributed by atoms with van der Waals surface area (Å²) in [6.45, 7) is 4.71. The van der Waals surface area contributed by atoms with Crippen molar-refractivity contribution < 1.29 is 14.7 Å². The highest BCUT2D eigenvalue weighted by Crippen LogP contribution is 2.46. The van der Waals surface area contributed by atoms with Crippen LogP contribution in [0.15, 0.2) is 0 Å². The molecule has 1 saturated carbocycles. The molecule has 0 radical (unpaired) electrons. The molecule has 5 nitrogen and oxygen atoms in total. The molecule has 1 fully saturated rings. The van der Waals surface area contributed by atoms with Gasteiger partial charge in [-0.05, 0) is 32.9 Å². The van der Waals surface area contributed by atoms with Crippen LogP contribution in [-0.2, 0) is 4.79 Å². The summed E-state index contributed by atoms with van der Waals surface area (Å²) in [5, 5.41) is 11.6. The predicted octanol–water partition coefficient (Wildman–Crippen LogP) is 1.78. The minimum Gasteiger partial charge on any atom is -0.481 e. The molecule has 18 heavy (non-hydrogen) atoms. The Morgan fingerprint density at radius 3 is 2.44 bits per heavy atom. The molecule has 2 amide bonds. The fraction of sp³-hybridized carbons (Fsp3) is 0.833. The van der Waals surface area contributed by atoms with E-state index in [1.807, 2.05) is 13.8 Å². The van der Waals surface area contributed by atoms with Gasteiger partial charge in [0.05, 0.1) is 6.42 Å². The smallest absolute Gasteiger partial charge is 0.317 e. The largest absolute Gasteiger partial charge is 0.481 e. The Balaban J connectivity index is 2.41. The molecule has 1 rings (SSSR count). The van der Waals surface area contributed by atoms with Crippen LogP contribution < -0.4 is 5.32 Å². The number of amides is 2. The second-order valence-corrected chi connectivity index (χ2v) is 6.25. The van der Waals surface area contributed by atoms with E-state index in [4.69, 9.17) is 5.11 Å². The molecular weight excluding hydrogens is 252 g/mol. The molecule has 1 aliphatic rings. The first kappa shape index (κ1) is 15.1. The van der Waals surface area contributed by atoms with Gasteiger partial charge in [-0.3, -0.25) is 4.79 Å². The molecule has 0 aromatic carbocycles. The van der Waals surface area contributed by atoms with Crippen molar-refractivity contribution in [1.82, 2.24) is 10.2 Å². The lowest BCUT2D eigenvalue weighted by molar-refractivity contribution is -0.137. The topological polar surface area (TPSA) is 69.6 Å². The minimum atomic E-state index is -0.878. The highest BCUT2D eigenvalue weighted by Gasteiger charge is 2.42. The Morgan fingerprint density at radius 1 is 1.44 bits per heavy atom. The van der Waals surface area contributed by atoms with Crippen molar-refractivity contribution in [2.45, 2.75) is 43.9 Å². The summed E-state index contributed by atoms with van der Waals surface area (Å²) < 4.78 is 0.227. The van der Waals surface area contributed by atoms with E-state index in [1.165, 1.54) is 0 Å². The molecule has 0 atom stereocenters. The lowest BCUT2D eigenvalue weighted by Gasteiger charge is -2.27. The van der Waals surface area contributed by atoms with E-state index in [2.05, 4.69) is 11.6 Å². The average molecular weight is 274 g/mol. The van der Waals surface area contributed by atoms with Gasteiger partial charge < -0.3 is 15.3 Å². The third-order valence-electron chi connectivity index (χ3n) is 3.25. The Morgan fingerprint density at radius 2 is 2.06 bits per heavy atom. The molecule has 6 heteroatoms. The van der Waals surface area contributed by atoms with Crippen molar-refractivity contribution in [2.75, 3.05) is 19.3 Å². The fourth-order valence-electron chi connectivity index (χ4n) is 1.74. The third kappa shape index (κ3) is 4.40. The molecule has 0 aliphatic heterocycles. The van der Waals surface area contributed by atoms with Crippen molar-refractivity contribution in [2.24, 2.45) is 0 Å². The zero-order chi connectivity index (χ0) is 13.8. The van der Waals surface area contributed by atoms with Crippen LogP contribution in [-0.4, -0.2) is 52.1 Å². The normalized spacial score (nSPS) is 16.4. The summed E-state index contributed by atoms with van der Waals surface area (Å²) >= 11 is 1.79. The summed E-state index contributed by atoms with van der Waals surface area (Å²) in [7, 11) is 0. The number of urea groups is 1. The second kappa shape index (κ2) is 6.31. The van der Waals surface area contributed by atoms with Crippen LogP contribution in [0.2, 0.25) is 0 Å². The van der Waals surface area contributed by atoms with Crippen molar-refractivity contribution in [1.29, 1.82) is 0 Å². The van der Waals surface area contributed by atoms with Crippen molar-refractivity contribution >= 4 is 23.8 Å². The van der Waals surface area contributed by atoms with E-state index in [9.17, 15) is 9.59 Å². The van der Waals surface area contributed by atoms with Crippen LogP contribution in [0, 0.1) is 0 Å². The van der Waals surface area contributed by atoms with Gasteiger partial charge in [0.25, 0.3) is 0 Å². The third-order valence-corrected chi connectivity index (χ3v) is 4.67. The second-order valence-electron chi connectivity index (χ2n) is 4.98. The SMILES string of the molecule is CSC1(CNC(=O)N(CCC(=O)O)C(C)C)CC1. The van der Waals surface area contributed by atoms with Crippen molar-refractivity contribution in [3.8, 4) is 0 Å². The van der Waals surface area contributed by atoms with Crippen molar-refractivity contribution in [3.05, 3.63) is 0 Å². The lowest BCUT2D eigenvalue weighted by Crippen LogP contribution is -2.46. The summed E-state index contributed by atoms with van der Waals surface area (Å²) in [5.74, 6) is -0.878. The maximum absolute atomic E-state index is 12.0. The molecule has 0 bridgehead atoms. The highest BCUT2D eigenvalue weighted by atomic mass is 32.2. The number of nitrogens with one attached hydrogen (secondary N) is 1. The molecule has 2 N–H and O–H groups in total. The van der Waals surface area contributed by atoms with E-state index in [1.54, 1.807) is 16.7 Å². The number of hydrogen-bond donors (Lipinski definition) is 2. The lowest BCUT2D eigenvalue weighted by atomic mass is 10.3. The Hall–Kier alpha value is -0.910. The maximum atomic E-state index is 12.0. The summed E-state index contributed by atoms with van der Waals surface area (Å²) in [4.78, 5) is 24.1. The number of aliphatic carboxylic acids is 1. The maximum Gasteiger partial charge on any atom is 0.317 e. The molecule has 0 unspecified atom stereocenters. The number of carboxylic acids is 1. The molecular formula is C12H22N2O3S. The Bertz CT molecular complexity index is 316. The first-order valence-electron chi connectivity index (χ1n) is 6.21. The molecule has 0 saturated heterocycles. The molecule has 0 aromatic heterocycles. The summed E-state index contributed by atoms with van der Waals surface area (Å²) in [6, 6.07) is -0.152. The number of rotatable bonds is 7. The van der Waals surface area contributed by atoms with Gasteiger partial charge in [-0.25, -0.2) is 4.79 Å². The standard InChI is InChI=1S/C12H22N2O3S/c1-9(2)14(7-4-10(15)16)11(17)13-8-12(18-3)5-6-12/h9H,4-8H2,1-3H3,(H,13,17)(H,15,16). The van der Waals surface area contributed by atoms with Gasteiger partial charge in [-0.2, -0.15) is 11.8 Å². The summed E-state index contributed by atoms with van der Waals surface area (Å²) in [6.07, 6.45) is 4.33. The number of carbonyl (C=O) groups is 2. The molecule has 0 aromatic rings. The first-order chi connectivity index (χ1) is 8.40. The monoisotopic (exact) mass is 274 g/mol. The molecule has 1 aliphatic carbocycles. The van der Waals surface area contributed by atoms with Gasteiger partial charge in [0.2, 0.25) is 0 Å². The number of nitrogens with zero attached hydrogens (tertiary/aromatic N) is 1. The molecule has 0 heterocycles. The van der Waals surface area contributed by atoms with E-state index >= 15 is 0 Å². The van der Waals surface area contributed by atoms with Gasteiger partial charge >= 0.3 is 12.0 Å². The average Bonchev–Trinajstić information content (AvgIpc) is 3.06. The number of hydrogen-bond acceptors (Lipinski definition) is 3.